The van der Waals surface area contributed by atoms with Gasteiger partial charge in [-0.1, -0.05) is 18.2 Å². The van der Waals surface area contributed by atoms with Gasteiger partial charge in [-0.3, -0.25) is 4.68 Å². The summed E-state index contributed by atoms with van der Waals surface area (Å²) >= 11 is 0. The quantitative estimate of drug-likeness (QED) is 0.326. The Hall–Kier alpha value is -4.48. The van der Waals surface area contributed by atoms with Gasteiger partial charge in [0.05, 0.1) is 36.2 Å². The predicted molar refractivity (Wildman–Crippen MR) is 152 cm³/mol. The molecule has 2 aliphatic heterocycles. The summed E-state index contributed by atoms with van der Waals surface area (Å²) in [6, 6.07) is 8.33. The lowest BCUT2D eigenvalue weighted by Gasteiger charge is -2.28. The van der Waals surface area contributed by atoms with Crippen molar-refractivity contribution in [1.82, 2.24) is 34.3 Å². The molecule has 0 spiro atoms. The van der Waals surface area contributed by atoms with Crippen LogP contribution in [-0.2, 0) is 16.8 Å². The summed E-state index contributed by atoms with van der Waals surface area (Å²) in [5.74, 6) is 0.885. The Morgan fingerprint density at radius 3 is 2.51 bits per heavy atom. The van der Waals surface area contributed by atoms with Crippen LogP contribution >= 0.6 is 0 Å². The van der Waals surface area contributed by atoms with Crippen LogP contribution in [0.4, 0.5) is 10.3 Å². The van der Waals surface area contributed by atoms with E-state index < -0.39 is 5.54 Å². The smallest absolute Gasteiger partial charge is 0.225 e. The van der Waals surface area contributed by atoms with Gasteiger partial charge >= 0.3 is 0 Å². The van der Waals surface area contributed by atoms with Gasteiger partial charge in [-0.05, 0) is 42.7 Å². The summed E-state index contributed by atoms with van der Waals surface area (Å²) in [5, 5.41) is 8.99. The molecule has 10 nitrogen and oxygen atoms in total. The van der Waals surface area contributed by atoms with Crippen molar-refractivity contribution in [2.24, 2.45) is 11.7 Å². The van der Waals surface area contributed by atoms with Gasteiger partial charge < -0.3 is 15.4 Å². The number of hydrogen-bond donors (Lipinski definition) is 1. The Morgan fingerprint density at radius 1 is 1.00 bits per heavy atom. The minimum Gasteiger partial charge on any atom is -0.381 e. The monoisotopic (exact) mass is 551 g/mol. The number of fused-ring (bicyclic) bond motifs is 1. The highest BCUT2D eigenvalue weighted by Crippen LogP contribution is 2.30. The molecule has 1 saturated heterocycles. The van der Waals surface area contributed by atoms with Crippen LogP contribution in [0.3, 0.4) is 0 Å². The minimum absolute atomic E-state index is 0.295. The molecule has 1 atom stereocenters. The van der Waals surface area contributed by atoms with Crippen molar-refractivity contribution in [2.75, 3.05) is 31.2 Å². The maximum atomic E-state index is 13.4. The van der Waals surface area contributed by atoms with Gasteiger partial charge in [0.15, 0.2) is 0 Å². The Labute approximate surface area is 236 Å². The number of rotatable bonds is 7. The van der Waals surface area contributed by atoms with Crippen LogP contribution in [0.5, 0.6) is 0 Å². The molecule has 0 bridgehead atoms. The largest absolute Gasteiger partial charge is 0.381 e. The van der Waals surface area contributed by atoms with E-state index in [4.69, 9.17) is 10.5 Å². The van der Waals surface area contributed by atoms with E-state index in [0.717, 1.165) is 66.2 Å². The molecule has 2 aliphatic rings. The highest BCUT2D eigenvalue weighted by molar-refractivity contribution is 5.80. The van der Waals surface area contributed by atoms with Crippen molar-refractivity contribution in [3.8, 4) is 11.1 Å². The second-order valence-corrected chi connectivity index (χ2v) is 10.9. The fourth-order valence-electron chi connectivity index (χ4n) is 5.38. The lowest BCUT2D eigenvalue weighted by atomic mass is 9.87. The zero-order chi connectivity index (χ0) is 28.0. The molecule has 0 amide bonds. The van der Waals surface area contributed by atoms with Crippen molar-refractivity contribution >= 4 is 17.0 Å². The van der Waals surface area contributed by atoms with E-state index in [1.54, 1.807) is 30.9 Å². The van der Waals surface area contributed by atoms with Crippen LogP contribution in [0.15, 0.2) is 73.7 Å². The van der Waals surface area contributed by atoms with E-state index in [1.807, 2.05) is 28.5 Å². The first-order valence-electron chi connectivity index (χ1n) is 13.7. The Balaban J connectivity index is 1.07. The molecule has 6 heterocycles. The van der Waals surface area contributed by atoms with Crippen molar-refractivity contribution < 1.29 is 9.13 Å². The Kier molecular flexibility index (Phi) is 6.32. The maximum Gasteiger partial charge on any atom is 0.225 e. The van der Waals surface area contributed by atoms with Crippen molar-refractivity contribution in [1.29, 1.82) is 0 Å². The number of hydrogen-bond acceptors (Lipinski definition) is 8. The number of nitrogens with two attached hydrogens (primary N) is 1. The minimum atomic E-state index is -0.833. The summed E-state index contributed by atoms with van der Waals surface area (Å²) < 4.78 is 22.5. The first-order chi connectivity index (χ1) is 19.9. The summed E-state index contributed by atoms with van der Waals surface area (Å²) in [6.45, 7) is 5.77. The molecule has 2 N–H and O–H groups in total. The molecule has 1 aromatic carbocycles. The van der Waals surface area contributed by atoms with Gasteiger partial charge in [-0.15, -0.1) is 0 Å². The van der Waals surface area contributed by atoms with E-state index in [0.29, 0.717) is 18.4 Å². The molecule has 0 radical (unpaired) electrons. The van der Waals surface area contributed by atoms with Crippen LogP contribution in [0, 0.1) is 11.7 Å². The number of halogens is 1. The normalized spacial score (nSPS) is 17.3. The molecular formula is C30H30FN9O. The zero-order valence-electron chi connectivity index (χ0n) is 22.7. The van der Waals surface area contributed by atoms with Crippen LogP contribution in [0.25, 0.3) is 22.2 Å². The van der Waals surface area contributed by atoms with Crippen LogP contribution < -0.4 is 10.6 Å². The predicted octanol–water partition coefficient (Wildman–Crippen LogP) is 3.68. The van der Waals surface area contributed by atoms with Crippen LogP contribution in [0.1, 0.15) is 30.2 Å². The molecule has 208 valence electrons. The van der Waals surface area contributed by atoms with E-state index >= 15 is 0 Å². The van der Waals surface area contributed by atoms with Gasteiger partial charge in [0.1, 0.15) is 12.1 Å². The third-order valence-electron chi connectivity index (χ3n) is 8.00. The molecule has 41 heavy (non-hydrogen) atoms. The lowest BCUT2D eigenvalue weighted by molar-refractivity contribution is -0.0408. The summed E-state index contributed by atoms with van der Waals surface area (Å²) in [6.07, 6.45) is 14.1. The third-order valence-corrected chi connectivity index (χ3v) is 8.00. The van der Waals surface area contributed by atoms with Gasteiger partial charge in [0, 0.05) is 67.0 Å². The van der Waals surface area contributed by atoms with Gasteiger partial charge in [-0.25, -0.2) is 23.9 Å². The van der Waals surface area contributed by atoms with Gasteiger partial charge in [0.2, 0.25) is 5.95 Å². The molecule has 0 aliphatic carbocycles. The standard InChI is InChI=1S/C30H30FN9O/c1-30(32,24-2-4-26(31)5-3-24)25-12-33-29(34-13-25)38-8-6-21(7-9-38)28-27-10-22(16-40(27)37-19-35-28)23-11-36-39(15-23)14-20-17-41-18-20/h2-6,10-13,15-16,19-20H,7-9,14,17-18,32H2,1H3. The number of benzene rings is 1. The third kappa shape index (κ3) is 4.87. The Morgan fingerprint density at radius 2 is 1.80 bits per heavy atom. The van der Waals surface area contributed by atoms with Crippen molar-refractivity contribution in [2.45, 2.75) is 25.4 Å². The van der Waals surface area contributed by atoms with Gasteiger partial charge in [0.25, 0.3) is 0 Å². The summed E-state index contributed by atoms with van der Waals surface area (Å²) in [7, 11) is 0. The molecule has 5 aromatic rings. The van der Waals surface area contributed by atoms with Crippen molar-refractivity contribution in [3.05, 3.63) is 96.4 Å². The summed E-state index contributed by atoms with van der Waals surface area (Å²) in [5.41, 5.74) is 12.5. The number of nitrogens with zero attached hydrogens (tertiary/aromatic N) is 8. The Bertz CT molecular complexity index is 1720. The number of aromatic nitrogens is 7. The lowest BCUT2D eigenvalue weighted by Crippen LogP contribution is -2.35. The fraction of sp³-hybridized carbons (Fsp3) is 0.300. The first-order valence-corrected chi connectivity index (χ1v) is 13.7. The van der Waals surface area contributed by atoms with E-state index in [9.17, 15) is 4.39 Å². The summed E-state index contributed by atoms with van der Waals surface area (Å²) in [4.78, 5) is 16.0. The number of anilines is 1. The van der Waals surface area contributed by atoms with Crippen LogP contribution in [0.2, 0.25) is 0 Å². The van der Waals surface area contributed by atoms with Gasteiger partial charge in [-0.2, -0.15) is 10.2 Å². The first kappa shape index (κ1) is 25.5. The molecule has 11 heteroatoms. The highest BCUT2D eigenvalue weighted by atomic mass is 19.1. The molecule has 4 aromatic heterocycles. The molecule has 0 saturated carbocycles. The highest BCUT2D eigenvalue weighted by Gasteiger charge is 2.26. The average Bonchev–Trinajstić information content (AvgIpc) is 3.63. The number of ether oxygens (including phenoxy) is 1. The SMILES string of the molecule is CC(N)(c1ccc(F)cc1)c1cnc(N2CC=C(c3ncnn4cc(-c5cnn(CC6COC6)c5)cc34)CC2)nc1. The second kappa shape index (κ2) is 10.2. The maximum absolute atomic E-state index is 13.4. The molecule has 7 rings (SSSR count). The van der Waals surface area contributed by atoms with Crippen LogP contribution in [-0.4, -0.2) is 60.6 Å². The van der Waals surface area contributed by atoms with Crippen molar-refractivity contribution in [3.63, 3.8) is 0 Å². The zero-order valence-corrected chi connectivity index (χ0v) is 22.7. The average molecular weight is 552 g/mol. The topological polar surface area (TPSA) is 112 Å². The molecule has 1 unspecified atom stereocenters. The molecular weight excluding hydrogens is 521 g/mol. The van der Waals surface area contributed by atoms with E-state index in [-0.39, 0.29) is 5.82 Å². The second-order valence-electron chi connectivity index (χ2n) is 10.9. The molecule has 1 fully saturated rings. The van der Waals surface area contributed by atoms with E-state index in [2.05, 4.69) is 48.4 Å². The fourth-order valence-corrected chi connectivity index (χ4v) is 5.38. The van der Waals surface area contributed by atoms with E-state index in [1.165, 1.54) is 17.7 Å².